The maximum Gasteiger partial charge on any atom is 0.306 e. The van der Waals surface area contributed by atoms with Crippen molar-refractivity contribution in [3.8, 4) is 0 Å². The molecule has 0 aromatic heterocycles. The number of carbonyl (C=O) groups is 2. The molecule has 0 radical (unpaired) electrons. The molecule has 1 amide bonds. The van der Waals surface area contributed by atoms with Crippen LogP contribution in [0.4, 0.5) is 0 Å². The van der Waals surface area contributed by atoms with Crippen molar-refractivity contribution in [2.24, 2.45) is 0 Å². The Morgan fingerprint density at radius 2 is 1.00 bits per heavy atom. The number of allylic oxidation sites excluding steroid dienone is 12. The quantitative estimate of drug-likeness (QED) is 0.0327. The number of aliphatic hydroxyl groups excluding tert-OH is 2. The van der Waals surface area contributed by atoms with E-state index in [4.69, 9.17) is 4.74 Å². The van der Waals surface area contributed by atoms with E-state index in [1.165, 1.54) is 44.9 Å². The Balaban J connectivity index is 4.53. The highest BCUT2D eigenvalue weighted by molar-refractivity contribution is 5.77. The van der Waals surface area contributed by atoms with Gasteiger partial charge in [-0.1, -0.05) is 177 Å². The van der Waals surface area contributed by atoms with Crippen LogP contribution in [-0.2, 0) is 14.3 Å². The van der Waals surface area contributed by atoms with Crippen LogP contribution in [0.5, 0.6) is 0 Å². The number of esters is 1. The molecule has 0 rings (SSSR count). The predicted octanol–water partition coefficient (Wildman–Crippen LogP) is 13.4. The Bertz CT molecular complexity index is 1060. The van der Waals surface area contributed by atoms with Gasteiger partial charge in [-0.25, -0.2) is 0 Å². The van der Waals surface area contributed by atoms with Crippen LogP contribution in [0.2, 0.25) is 0 Å². The summed E-state index contributed by atoms with van der Waals surface area (Å²) in [5, 5.41) is 23.6. The van der Waals surface area contributed by atoms with E-state index in [0.29, 0.717) is 19.3 Å². The van der Waals surface area contributed by atoms with E-state index >= 15 is 0 Å². The van der Waals surface area contributed by atoms with E-state index in [1.54, 1.807) is 0 Å². The van der Waals surface area contributed by atoms with Crippen molar-refractivity contribution in [3.05, 3.63) is 72.9 Å². The average Bonchev–Trinajstić information content (AvgIpc) is 3.19. The fraction of sp³-hybridized carbons (Fsp3) is 0.720. The largest absolute Gasteiger partial charge is 0.462 e. The van der Waals surface area contributed by atoms with Crippen LogP contribution in [0, 0.1) is 0 Å². The Kier molecular flexibility index (Phi) is 41.3. The summed E-state index contributed by atoms with van der Waals surface area (Å²) in [5.74, 6) is -0.539. The Labute approximate surface area is 345 Å². The zero-order valence-corrected chi connectivity index (χ0v) is 36.5. The van der Waals surface area contributed by atoms with E-state index < -0.39 is 18.2 Å². The van der Waals surface area contributed by atoms with Crippen LogP contribution in [-0.4, -0.2) is 46.9 Å². The summed E-state index contributed by atoms with van der Waals surface area (Å²) in [5.41, 5.74) is 0. The first-order chi connectivity index (χ1) is 27.5. The normalized spacial score (nSPS) is 14.0. The van der Waals surface area contributed by atoms with Crippen LogP contribution >= 0.6 is 0 Å². The van der Waals surface area contributed by atoms with E-state index in [9.17, 15) is 19.8 Å². The summed E-state index contributed by atoms with van der Waals surface area (Å²) in [7, 11) is 0. The fourth-order valence-corrected chi connectivity index (χ4v) is 6.52. The molecule has 0 aliphatic carbocycles. The van der Waals surface area contributed by atoms with Gasteiger partial charge in [0.15, 0.2) is 0 Å². The van der Waals surface area contributed by atoms with E-state index in [1.807, 2.05) is 0 Å². The maximum atomic E-state index is 13.1. The second kappa shape index (κ2) is 43.4. The molecule has 0 aromatic rings. The van der Waals surface area contributed by atoms with Gasteiger partial charge in [0.2, 0.25) is 5.91 Å². The van der Waals surface area contributed by atoms with Crippen LogP contribution < -0.4 is 5.32 Å². The van der Waals surface area contributed by atoms with E-state index in [2.05, 4.69) is 99.0 Å². The topological polar surface area (TPSA) is 95.9 Å². The van der Waals surface area contributed by atoms with Crippen molar-refractivity contribution in [2.45, 2.75) is 225 Å². The molecule has 0 saturated heterocycles. The van der Waals surface area contributed by atoms with E-state index in [0.717, 1.165) is 116 Å². The number of hydrogen-bond donors (Lipinski definition) is 3. The second-order valence-electron chi connectivity index (χ2n) is 15.4. The molecule has 0 fully saturated rings. The Hall–Kier alpha value is -2.70. The van der Waals surface area contributed by atoms with Gasteiger partial charge in [0.25, 0.3) is 0 Å². The third kappa shape index (κ3) is 38.2. The smallest absolute Gasteiger partial charge is 0.306 e. The first-order valence-electron chi connectivity index (χ1n) is 23.2. The van der Waals surface area contributed by atoms with Gasteiger partial charge in [-0.3, -0.25) is 9.59 Å². The number of amides is 1. The predicted molar refractivity (Wildman–Crippen MR) is 241 cm³/mol. The molecule has 56 heavy (non-hydrogen) atoms. The highest BCUT2D eigenvalue weighted by Crippen LogP contribution is 2.16. The van der Waals surface area contributed by atoms with Crippen LogP contribution in [0.1, 0.15) is 207 Å². The average molecular weight is 782 g/mol. The monoisotopic (exact) mass is 782 g/mol. The third-order valence-corrected chi connectivity index (χ3v) is 10.0. The lowest BCUT2D eigenvalue weighted by Crippen LogP contribution is -2.46. The van der Waals surface area contributed by atoms with Crippen molar-refractivity contribution in [1.82, 2.24) is 5.32 Å². The van der Waals surface area contributed by atoms with Gasteiger partial charge in [-0.2, -0.15) is 0 Å². The van der Waals surface area contributed by atoms with Gasteiger partial charge in [-0.15, -0.1) is 0 Å². The summed E-state index contributed by atoms with van der Waals surface area (Å²) in [4.78, 5) is 25.9. The third-order valence-electron chi connectivity index (χ3n) is 10.0. The van der Waals surface area contributed by atoms with Crippen molar-refractivity contribution in [3.63, 3.8) is 0 Å². The number of rotatable bonds is 40. The van der Waals surface area contributed by atoms with Crippen LogP contribution in [0.25, 0.3) is 0 Å². The molecule has 0 bridgehead atoms. The number of carbonyl (C=O) groups excluding carboxylic acids is 2. The number of hydrogen-bond acceptors (Lipinski definition) is 5. The highest BCUT2D eigenvalue weighted by Gasteiger charge is 2.24. The molecule has 0 aliphatic heterocycles. The second-order valence-corrected chi connectivity index (χ2v) is 15.4. The standard InChI is InChI=1S/C50H87NO5/c1-4-7-10-13-16-19-21-22-23-24-25-26-27-28-29-31-34-37-40-43-50(55)56-46(41-38-35-32-18-15-12-9-6-3)44-49(54)51-47(45-52)48(53)42-39-36-33-30-20-17-14-11-8-5-2/h7,10,12,15-16,19,22-23,25-26,28-29,46-48,52-53H,4-6,8-9,11,13-14,17-18,20-21,24,27,30-45H2,1-3H3,(H,51,54)/b10-7-,15-12-,19-16-,23-22-,26-25-,29-28-. The molecule has 6 nitrogen and oxygen atoms in total. The minimum atomic E-state index is -0.797. The molecular weight excluding hydrogens is 695 g/mol. The van der Waals surface area contributed by atoms with Gasteiger partial charge < -0.3 is 20.3 Å². The van der Waals surface area contributed by atoms with Crippen molar-refractivity contribution >= 4 is 11.9 Å². The summed E-state index contributed by atoms with van der Waals surface area (Å²) < 4.78 is 5.86. The van der Waals surface area contributed by atoms with Crippen molar-refractivity contribution in [1.29, 1.82) is 0 Å². The maximum absolute atomic E-state index is 13.1. The first kappa shape index (κ1) is 53.3. The summed E-state index contributed by atoms with van der Waals surface area (Å²) in [6.07, 6.45) is 54.0. The molecule has 322 valence electrons. The summed E-state index contributed by atoms with van der Waals surface area (Å²) >= 11 is 0. The van der Waals surface area contributed by atoms with Gasteiger partial charge in [0, 0.05) is 6.42 Å². The zero-order valence-electron chi connectivity index (χ0n) is 36.5. The van der Waals surface area contributed by atoms with Crippen LogP contribution in [0.15, 0.2) is 72.9 Å². The summed E-state index contributed by atoms with van der Waals surface area (Å²) in [6.45, 7) is 6.25. The lowest BCUT2D eigenvalue weighted by molar-refractivity contribution is -0.151. The molecule has 6 heteroatoms. The molecule has 0 aliphatic rings. The SMILES string of the molecule is CC/C=C\C/C=C\C/C=C\C/C=C\C/C=C\CCCCCC(=O)OC(CCCCC/C=C\CCC)CC(=O)NC(CO)C(O)CCCCCCCCCCCC. The molecule has 3 unspecified atom stereocenters. The molecule has 0 saturated carbocycles. The van der Waals surface area contributed by atoms with Gasteiger partial charge in [-0.05, 0) is 89.9 Å². The number of aliphatic hydroxyl groups is 2. The van der Waals surface area contributed by atoms with Crippen molar-refractivity contribution < 1.29 is 24.5 Å². The Morgan fingerprint density at radius 1 is 0.536 bits per heavy atom. The molecule has 3 atom stereocenters. The lowest BCUT2D eigenvalue weighted by atomic mass is 10.0. The van der Waals surface area contributed by atoms with Gasteiger partial charge in [0.05, 0.1) is 25.2 Å². The molecular formula is C50H87NO5. The molecule has 0 aromatic carbocycles. The molecule has 3 N–H and O–H groups in total. The van der Waals surface area contributed by atoms with E-state index in [-0.39, 0.29) is 24.9 Å². The lowest BCUT2D eigenvalue weighted by Gasteiger charge is -2.24. The first-order valence-corrected chi connectivity index (χ1v) is 23.2. The molecule has 0 heterocycles. The minimum Gasteiger partial charge on any atom is -0.462 e. The summed E-state index contributed by atoms with van der Waals surface area (Å²) in [6, 6.07) is -0.713. The molecule has 0 spiro atoms. The number of ether oxygens (including phenoxy) is 1. The fourth-order valence-electron chi connectivity index (χ4n) is 6.52. The number of unbranched alkanes of at least 4 members (excludes halogenated alkanes) is 16. The number of nitrogens with one attached hydrogen (secondary N) is 1. The Morgan fingerprint density at radius 3 is 1.55 bits per heavy atom. The highest BCUT2D eigenvalue weighted by atomic mass is 16.5. The van der Waals surface area contributed by atoms with Gasteiger partial charge >= 0.3 is 5.97 Å². The zero-order chi connectivity index (χ0) is 41.0. The van der Waals surface area contributed by atoms with Crippen molar-refractivity contribution in [2.75, 3.05) is 6.61 Å². The van der Waals surface area contributed by atoms with Gasteiger partial charge in [0.1, 0.15) is 6.10 Å². The van der Waals surface area contributed by atoms with Crippen LogP contribution in [0.3, 0.4) is 0 Å². The minimum absolute atomic E-state index is 0.0493.